The number of thioether (sulfide) groups is 2. The minimum atomic E-state index is -1.98. The zero-order chi connectivity index (χ0) is 43.2. The maximum atomic E-state index is 14.2. The highest BCUT2D eigenvalue weighted by Crippen LogP contribution is 2.49. The molecule has 8 N–H and O–H groups in total. The van der Waals surface area contributed by atoms with Crippen LogP contribution in [0.4, 0.5) is 9.59 Å². The van der Waals surface area contributed by atoms with Gasteiger partial charge < -0.3 is 88.2 Å². The number of esters is 2. The molecule has 0 spiro atoms. The molecule has 5 heterocycles. The monoisotopic (exact) mass is 890 g/mol. The van der Waals surface area contributed by atoms with E-state index < -0.39 is 140 Å². The fourth-order valence-electron chi connectivity index (χ4n) is 7.88. The van der Waals surface area contributed by atoms with E-state index in [2.05, 4.69) is 0 Å². The van der Waals surface area contributed by atoms with Crippen molar-refractivity contribution < 1.29 is 107 Å². The lowest BCUT2D eigenvalue weighted by Crippen LogP contribution is -2.61. The van der Waals surface area contributed by atoms with Crippen LogP contribution in [-0.2, 0) is 57.0 Å². The van der Waals surface area contributed by atoms with Crippen molar-refractivity contribution in [2.75, 3.05) is 38.9 Å². The molecule has 1 unspecified atom stereocenters. The van der Waals surface area contributed by atoms with E-state index in [-0.39, 0.29) is 29.1 Å². The molecule has 7 aliphatic rings. The van der Waals surface area contributed by atoms with Gasteiger partial charge in [-0.15, -0.1) is 0 Å². The predicted octanol–water partition coefficient (Wildman–Crippen LogP) is -2.45. The Morgan fingerprint density at radius 2 is 1.32 bits per heavy atom. The van der Waals surface area contributed by atoms with Crippen molar-refractivity contribution >= 4 is 46.1 Å². The SMILES string of the molecule is CSC(=O)OCC1=CC2=C3C(=CO[C@@H](O[C@@H]4O[C@H](CO)[C@@H](O)[C@H](O)[C@H]4OC(=O)C4=CO[C@@H](O[C@@H]5O[C@H](CO)[C@@H](O)[C@H](O)[C@H]5O)[C@@H]5C(COC(=O)SC)=C[C@H](O)[C@H]45)C13)C(=O)O2. The molecule has 0 aromatic heterocycles. The maximum Gasteiger partial charge on any atom is 0.367 e. The molecule has 0 amide bonds. The molecule has 2 aliphatic carbocycles. The van der Waals surface area contributed by atoms with Gasteiger partial charge in [0.05, 0.1) is 43.0 Å². The van der Waals surface area contributed by atoms with Crippen LogP contribution < -0.4 is 0 Å². The molecule has 24 heteroatoms. The average molecular weight is 891 g/mol. The number of carbonyl (C=O) groups is 4. The number of carbonyl (C=O) groups excluding carboxylic acids is 4. The molecule has 0 radical (unpaired) electrons. The lowest BCUT2D eigenvalue weighted by molar-refractivity contribution is -0.341. The van der Waals surface area contributed by atoms with Crippen molar-refractivity contribution in [1.82, 2.24) is 0 Å². The summed E-state index contributed by atoms with van der Waals surface area (Å²) in [5.74, 6) is -5.26. The van der Waals surface area contributed by atoms with Crippen molar-refractivity contribution in [3.05, 3.63) is 58.3 Å². The average Bonchev–Trinajstić information content (AvgIpc) is 3.89. The van der Waals surface area contributed by atoms with Gasteiger partial charge in [0, 0.05) is 11.5 Å². The Morgan fingerprint density at radius 3 is 1.97 bits per heavy atom. The third-order valence-corrected chi connectivity index (χ3v) is 11.8. The van der Waals surface area contributed by atoms with Crippen molar-refractivity contribution in [3.8, 4) is 0 Å². The lowest BCUT2D eigenvalue weighted by atomic mass is 9.82. The van der Waals surface area contributed by atoms with Crippen LogP contribution >= 0.6 is 23.5 Å². The van der Waals surface area contributed by atoms with Gasteiger partial charge in [-0.3, -0.25) is 0 Å². The van der Waals surface area contributed by atoms with Crippen molar-refractivity contribution in [3.63, 3.8) is 0 Å². The Balaban J connectivity index is 1.14. The molecule has 7 rings (SSSR count). The number of hydrogen-bond acceptors (Lipinski definition) is 24. The van der Waals surface area contributed by atoms with Crippen LogP contribution in [0.3, 0.4) is 0 Å². The molecule has 5 aliphatic heterocycles. The third kappa shape index (κ3) is 8.34. The first-order valence-electron chi connectivity index (χ1n) is 18.3. The quantitative estimate of drug-likeness (QED) is 0.0573. The second-order valence-corrected chi connectivity index (χ2v) is 15.8. The minimum absolute atomic E-state index is 0.0625. The van der Waals surface area contributed by atoms with E-state index in [1.807, 2.05) is 0 Å². The van der Waals surface area contributed by atoms with Gasteiger partial charge in [-0.2, -0.15) is 0 Å². The minimum Gasteiger partial charge on any atom is -0.471 e. The van der Waals surface area contributed by atoms with Crippen molar-refractivity contribution in [2.45, 2.75) is 80.1 Å². The van der Waals surface area contributed by atoms with E-state index in [1.54, 1.807) is 0 Å². The molecule has 0 aromatic carbocycles. The Morgan fingerprint density at radius 1 is 0.717 bits per heavy atom. The van der Waals surface area contributed by atoms with Gasteiger partial charge in [0.25, 0.3) is 0 Å². The molecule has 2 saturated heterocycles. The van der Waals surface area contributed by atoms with Gasteiger partial charge in [0.15, 0.2) is 12.4 Å². The molecular formula is C36H42O22S2. The summed E-state index contributed by atoms with van der Waals surface area (Å²) in [6.45, 7) is -2.31. The summed E-state index contributed by atoms with van der Waals surface area (Å²) < 4.78 is 56.5. The number of aliphatic hydroxyl groups is 8. The zero-order valence-corrected chi connectivity index (χ0v) is 33.1. The summed E-state index contributed by atoms with van der Waals surface area (Å²) in [4.78, 5) is 50.8. The van der Waals surface area contributed by atoms with Crippen LogP contribution in [0.5, 0.6) is 0 Å². The Hall–Kier alpha value is -3.60. The van der Waals surface area contributed by atoms with Gasteiger partial charge in [-0.1, -0.05) is 6.08 Å². The van der Waals surface area contributed by atoms with Crippen molar-refractivity contribution in [1.29, 1.82) is 0 Å². The number of allylic oxidation sites excluding steroid dienone is 1. The van der Waals surface area contributed by atoms with Crippen LogP contribution in [0.1, 0.15) is 0 Å². The normalized spacial score (nSPS) is 39.2. The standard InChI is InChI=1S/C36H42O22S2/c1-59-35(47)51-7-11-3-15(39)21-13(9-49-31(19(11)21)57-33-27(44)25(42)23(40)17(5-37)54-33)30(46)56-28-26(43)24(41)18(6-38)55-34(28)58-32-20-12(8-52-36(48)60-2)4-16-22(20)14(10-50-32)29(45)53-16/h3-4,9-10,15,17-21,23-28,31-34,37-44H,5-8H2,1-2H3/t15-,17+,18+,19+,20?,21-,23+,24+,25-,26-,27+,28+,31-,32-,33-,34-/m0/s1. The summed E-state index contributed by atoms with van der Waals surface area (Å²) >= 11 is 1.57. The van der Waals surface area contributed by atoms with E-state index in [4.69, 9.17) is 47.4 Å². The summed E-state index contributed by atoms with van der Waals surface area (Å²) in [5.41, 5.74) is 0.593. The first-order chi connectivity index (χ1) is 28.7. The van der Waals surface area contributed by atoms with Crippen LogP contribution in [0.2, 0.25) is 0 Å². The number of hydrogen-bond donors (Lipinski definition) is 8. The molecule has 330 valence electrons. The Labute approximate surface area is 347 Å². The van der Waals surface area contributed by atoms with Gasteiger partial charge >= 0.3 is 22.5 Å². The number of ether oxygens (including phenoxy) is 10. The maximum absolute atomic E-state index is 14.2. The largest absolute Gasteiger partial charge is 0.471 e. The zero-order valence-electron chi connectivity index (χ0n) is 31.5. The second-order valence-electron chi connectivity index (χ2n) is 14.3. The molecule has 0 aromatic rings. The molecule has 60 heavy (non-hydrogen) atoms. The molecule has 0 saturated carbocycles. The fraction of sp³-hybridized carbons (Fsp3) is 0.611. The van der Waals surface area contributed by atoms with E-state index in [0.717, 1.165) is 36.0 Å². The number of rotatable bonds is 12. The highest BCUT2D eigenvalue weighted by Gasteiger charge is 2.56. The van der Waals surface area contributed by atoms with Gasteiger partial charge in [0.2, 0.25) is 18.9 Å². The topological polar surface area (TPSA) is 322 Å². The molecule has 22 nitrogen and oxygen atoms in total. The van der Waals surface area contributed by atoms with E-state index in [1.165, 1.54) is 24.7 Å². The highest BCUT2D eigenvalue weighted by molar-refractivity contribution is 8.12. The fourth-order valence-corrected chi connectivity index (χ4v) is 8.23. The predicted molar refractivity (Wildman–Crippen MR) is 195 cm³/mol. The van der Waals surface area contributed by atoms with Gasteiger partial charge in [-0.05, 0) is 53.3 Å². The highest BCUT2D eigenvalue weighted by atomic mass is 32.2. The van der Waals surface area contributed by atoms with Crippen LogP contribution in [-0.4, -0.2) is 182 Å². The lowest BCUT2D eigenvalue weighted by Gasteiger charge is -2.44. The summed E-state index contributed by atoms with van der Waals surface area (Å²) in [6, 6.07) is 0. The Kier molecular flexibility index (Phi) is 13.6. The summed E-state index contributed by atoms with van der Waals surface area (Å²) in [5, 5.41) is 83.1. The number of aliphatic hydroxyl groups excluding tert-OH is 8. The van der Waals surface area contributed by atoms with Gasteiger partial charge in [0.1, 0.15) is 73.5 Å². The smallest absolute Gasteiger partial charge is 0.367 e. The molecule has 2 fully saturated rings. The van der Waals surface area contributed by atoms with Crippen molar-refractivity contribution in [2.24, 2.45) is 17.8 Å². The first kappa shape index (κ1) is 44.5. The second kappa shape index (κ2) is 18.4. The number of fused-ring (bicyclic) bond motifs is 1. The molecule has 0 bridgehead atoms. The van der Waals surface area contributed by atoms with Gasteiger partial charge in [-0.25, -0.2) is 19.2 Å². The van der Waals surface area contributed by atoms with Crippen LogP contribution in [0, 0.1) is 17.8 Å². The van der Waals surface area contributed by atoms with E-state index in [9.17, 15) is 60.0 Å². The van der Waals surface area contributed by atoms with E-state index >= 15 is 0 Å². The van der Waals surface area contributed by atoms with Crippen LogP contribution in [0.15, 0.2) is 58.3 Å². The molecular weight excluding hydrogens is 849 g/mol. The first-order valence-corrected chi connectivity index (χ1v) is 20.8. The van der Waals surface area contributed by atoms with E-state index in [0.29, 0.717) is 11.1 Å². The molecule has 16 atom stereocenters. The third-order valence-electron chi connectivity index (χ3n) is 10.9. The summed E-state index contributed by atoms with van der Waals surface area (Å²) in [7, 11) is 0. The van der Waals surface area contributed by atoms with Crippen LogP contribution in [0.25, 0.3) is 0 Å². The summed E-state index contributed by atoms with van der Waals surface area (Å²) in [6.07, 6.45) is -14.3. The Bertz CT molecular complexity index is 1860.